The van der Waals surface area contributed by atoms with Gasteiger partial charge in [0.05, 0.1) is 0 Å². The second-order valence-electron chi connectivity index (χ2n) is 4.83. The van der Waals surface area contributed by atoms with Gasteiger partial charge in [-0.2, -0.15) is 0 Å². The molecule has 14 heavy (non-hydrogen) atoms. The Balaban J connectivity index is 2.30. The minimum Gasteiger partial charge on any atom is -0.312 e. The van der Waals surface area contributed by atoms with E-state index in [0.29, 0.717) is 6.04 Å². The Morgan fingerprint density at radius 2 is 2.29 bits per heavy atom. The standard InChI is InChI=1S/C12H24N2/c1-10(2)8-14(4)9-12-11(3)6-5-7-13-12/h11-13H,1,5-9H2,2-4H3. The van der Waals surface area contributed by atoms with Crippen molar-refractivity contribution in [1.82, 2.24) is 10.2 Å². The predicted molar refractivity (Wildman–Crippen MR) is 62.5 cm³/mol. The molecular weight excluding hydrogens is 172 g/mol. The summed E-state index contributed by atoms with van der Waals surface area (Å²) in [6, 6.07) is 0.674. The summed E-state index contributed by atoms with van der Waals surface area (Å²) in [4.78, 5) is 2.36. The first-order chi connectivity index (χ1) is 6.59. The number of hydrogen-bond donors (Lipinski definition) is 1. The molecule has 0 amide bonds. The molecule has 0 aromatic heterocycles. The van der Waals surface area contributed by atoms with E-state index >= 15 is 0 Å². The zero-order chi connectivity index (χ0) is 10.6. The third-order valence-corrected chi connectivity index (χ3v) is 2.98. The van der Waals surface area contributed by atoms with Gasteiger partial charge in [-0.1, -0.05) is 19.1 Å². The van der Waals surface area contributed by atoms with E-state index in [1.54, 1.807) is 0 Å². The second kappa shape index (κ2) is 5.52. The first kappa shape index (κ1) is 11.7. The summed E-state index contributed by atoms with van der Waals surface area (Å²) in [5, 5.41) is 3.60. The Bertz CT molecular complexity index is 189. The summed E-state index contributed by atoms with van der Waals surface area (Å²) in [5.74, 6) is 0.816. The molecule has 0 bridgehead atoms. The topological polar surface area (TPSA) is 15.3 Å². The van der Waals surface area contributed by atoms with E-state index in [0.717, 1.165) is 19.0 Å². The molecule has 2 heteroatoms. The zero-order valence-corrected chi connectivity index (χ0v) is 9.84. The third kappa shape index (κ3) is 3.81. The van der Waals surface area contributed by atoms with E-state index in [1.165, 1.54) is 25.0 Å². The van der Waals surface area contributed by atoms with Crippen LogP contribution in [0.25, 0.3) is 0 Å². The lowest BCUT2D eigenvalue weighted by molar-refractivity contribution is 0.225. The Morgan fingerprint density at radius 3 is 2.86 bits per heavy atom. The lowest BCUT2D eigenvalue weighted by atomic mass is 9.92. The highest BCUT2D eigenvalue weighted by atomic mass is 15.1. The molecule has 0 aromatic rings. The monoisotopic (exact) mass is 196 g/mol. The van der Waals surface area contributed by atoms with E-state index in [9.17, 15) is 0 Å². The average Bonchev–Trinajstić information content (AvgIpc) is 2.07. The smallest absolute Gasteiger partial charge is 0.0220 e. The minimum atomic E-state index is 0.674. The van der Waals surface area contributed by atoms with Gasteiger partial charge in [0.1, 0.15) is 0 Å². The van der Waals surface area contributed by atoms with Gasteiger partial charge in [-0.15, -0.1) is 0 Å². The molecule has 1 aliphatic rings. The number of likely N-dealkylation sites (N-methyl/N-ethyl adjacent to an activating group) is 1. The van der Waals surface area contributed by atoms with Gasteiger partial charge < -0.3 is 10.2 Å². The molecule has 2 atom stereocenters. The Kier molecular flexibility index (Phi) is 4.63. The summed E-state index contributed by atoms with van der Waals surface area (Å²) in [6.45, 7) is 11.7. The van der Waals surface area contributed by atoms with Crippen molar-refractivity contribution in [1.29, 1.82) is 0 Å². The van der Waals surface area contributed by atoms with Crippen molar-refractivity contribution in [3.8, 4) is 0 Å². The van der Waals surface area contributed by atoms with Gasteiger partial charge >= 0.3 is 0 Å². The van der Waals surface area contributed by atoms with Crippen LogP contribution in [0.4, 0.5) is 0 Å². The maximum absolute atomic E-state index is 3.95. The van der Waals surface area contributed by atoms with Gasteiger partial charge in [0.15, 0.2) is 0 Å². The van der Waals surface area contributed by atoms with Crippen LogP contribution >= 0.6 is 0 Å². The highest BCUT2D eigenvalue weighted by Crippen LogP contribution is 2.16. The minimum absolute atomic E-state index is 0.674. The molecule has 2 nitrogen and oxygen atoms in total. The largest absolute Gasteiger partial charge is 0.312 e. The lowest BCUT2D eigenvalue weighted by Gasteiger charge is -2.33. The van der Waals surface area contributed by atoms with Crippen LogP contribution in [0.3, 0.4) is 0 Å². The highest BCUT2D eigenvalue weighted by Gasteiger charge is 2.21. The van der Waals surface area contributed by atoms with E-state index in [-0.39, 0.29) is 0 Å². The summed E-state index contributed by atoms with van der Waals surface area (Å²) >= 11 is 0. The predicted octanol–water partition coefficient (Wildman–Crippen LogP) is 1.88. The van der Waals surface area contributed by atoms with E-state index in [4.69, 9.17) is 0 Å². The van der Waals surface area contributed by atoms with Crippen LogP contribution in [0, 0.1) is 5.92 Å². The van der Waals surface area contributed by atoms with Crippen LogP contribution in [0.5, 0.6) is 0 Å². The molecule has 82 valence electrons. The van der Waals surface area contributed by atoms with Gasteiger partial charge in [0, 0.05) is 19.1 Å². The molecule has 1 aliphatic heterocycles. The summed E-state index contributed by atoms with van der Waals surface area (Å²) < 4.78 is 0. The maximum Gasteiger partial charge on any atom is 0.0220 e. The van der Waals surface area contributed by atoms with Gasteiger partial charge in [0.2, 0.25) is 0 Å². The summed E-state index contributed by atoms with van der Waals surface area (Å²) in [6.07, 6.45) is 2.71. The molecule has 1 N–H and O–H groups in total. The molecule has 1 saturated heterocycles. The molecule has 1 fully saturated rings. The first-order valence-electron chi connectivity index (χ1n) is 5.66. The van der Waals surface area contributed by atoms with Crippen LogP contribution in [0.1, 0.15) is 26.7 Å². The molecule has 2 unspecified atom stereocenters. The molecule has 1 heterocycles. The summed E-state index contributed by atoms with van der Waals surface area (Å²) in [5.41, 5.74) is 1.25. The van der Waals surface area contributed by atoms with E-state index < -0.39 is 0 Å². The van der Waals surface area contributed by atoms with Crippen molar-refractivity contribution in [3.63, 3.8) is 0 Å². The van der Waals surface area contributed by atoms with Crippen molar-refractivity contribution in [3.05, 3.63) is 12.2 Å². The van der Waals surface area contributed by atoms with Crippen molar-refractivity contribution in [2.75, 3.05) is 26.7 Å². The Morgan fingerprint density at radius 1 is 1.57 bits per heavy atom. The summed E-state index contributed by atoms with van der Waals surface area (Å²) in [7, 11) is 2.18. The molecular formula is C12H24N2. The highest BCUT2D eigenvalue weighted by molar-refractivity contribution is 4.92. The number of nitrogens with one attached hydrogen (secondary N) is 1. The average molecular weight is 196 g/mol. The number of rotatable bonds is 4. The second-order valence-corrected chi connectivity index (χ2v) is 4.83. The SMILES string of the molecule is C=C(C)CN(C)CC1NCCCC1C. The number of hydrogen-bond acceptors (Lipinski definition) is 2. The van der Waals surface area contributed by atoms with E-state index in [1.807, 2.05) is 0 Å². The first-order valence-corrected chi connectivity index (χ1v) is 5.66. The molecule has 0 spiro atoms. The zero-order valence-electron chi connectivity index (χ0n) is 9.84. The molecule has 0 radical (unpaired) electrons. The fraction of sp³-hybridized carbons (Fsp3) is 0.833. The van der Waals surface area contributed by atoms with Crippen LogP contribution in [-0.2, 0) is 0 Å². The van der Waals surface area contributed by atoms with Gasteiger partial charge in [-0.3, -0.25) is 0 Å². The van der Waals surface area contributed by atoms with Gasteiger partial charge in [-0.25, -0.2) is 0 Å². The number of piperidine rings is 1. The van der Waals surface area contributed by atoms with Crippen LogP contribution < -0.4 is 5.32 Å². The fourth-order valence-electron chi connectivity index (χ4n) is 2.22. The van der Waals surface area contributed by atoms with Crippen LogP contribution in [0.15, 0.2) is 12.2 Å². The van der Waals surface area contributed by atoms with Gasteiger partial charge in [-0.05, 0) is 39.3 Å². The third-order valence-electron chi connectivity index (χ3n) is 2.98. The lowest BCUT2D eigenvalue weighted by Crippen LogP contribution is -2.47. The Hall–Kier alpha value is -0.340. The van der Waals surface area contributed by atoms with Crippen LogP contribution in [0.2, 0.25) is 0 Å². The van der Waals surface area contributed by atoms with Crippen LogP contribution in [-0.4, -0.2) is 37.6 Å². The van der Waals surface area contributed by atoms with Crippen molar-refractivity contribution < 1.29 is 0 Å². The molecule has 0 aromatic carbocycles. The fourth-order valence-corrected chi connectivity index (χ4v) is 2.22. The maximum atomic E-state index is 3.95. The Labute approximate surface area is 88.4 Å². The van der Waals surface area contributed by atoms with Gasteiger partial charge in [0.25, 0.3) is 0 Å². The normalized spacial score (nSPS) is 28.0. The molecule has 0 aliphatic carbocycles. The number of nitrogens with zero attached hydrogens (tertiary/aromatic N) is 1. The molecule has 1 rings (SSSR count). The quantitative estimate of drug-likeness (QED) is 0.691. The molecule has 0 saturated carbocycles. The van der Waals surface area contributed by atoms with Crippen molar-refractivity contribution in [2.24, 2.45) is 5.92 Å². The van der Waals surface area contributed by atoms with Crippen molar-refractivity contribution in [2.45, 2.75) is 32.7 Å². The van der Waals surface area contributed by atoms with Crippen molar-refractivity contribution >= 4 is 0 Å². The van der Waals surface area contributed by atoms with E-state index in [2.05, 4.69) is 37.7 Å².